The minimum atomic E-state index is 0.364. The Labute approximate surface area is 116 Å². The quantitative estimate of drug-likeness (QED) is 0.832. The molecule has 2 nitrogen and oxygen atoms in total. The fraction of sp³-hybridized carbons (Fsp3) is 0.471. The second-order valence-electron chi connectivity index (χ2n) is 5.59. The van der Waals surface area contributed by atoms with E-state index >= 15 is 0 Å². The first kappa shape index (κ1) is 14.0. The molecule has 1 N–H and O–H groups in total. The molecule has 0 bridgehead atoms. The lowest BCUT2D eigenvalue weighted by atomic mass is 10.0. The Hall–Kier alpha value is -1.41. The van der Waals surface area contributed by atoms with Crippen LogP contribution in [0.4, 0.5) is 0 Å². The molecule has 1 aromatic carbocycles. The van der Waals surface area contributed by atoms with Crippen LogP contribution in [0.15, 0.2) is 36.4 Å². The summed E-state index contributed by atoms with van der Waals surface area (Å²) in [4.78, 5) is 4.78. The summed E-state index contributed by atoms with van der Waals surface area (Å²) in [6, 6.07) is 13.0. The average molecular weight is 256 g/mol. The zero-order chi connectivity index (χ0) is 13.7. The van der Waals surface area contributed by atoms with Gasteiger partial charge in [0.05, 0.1) is 11.2 Å². The summed E-state index contributed by atoms with van der Waals surface area (Å²) in [6.45, 7) is 4.56. The maximum atomic E-state index is 4.78. The number of nitrogens with zero attached hydrogens (tertiary/aromatic N) is 1. The summed E-state index contributed by atoms with van der Waals surface area (Å²) in [5.41, 5.74) is 2.24. The predicted molar refractivity (Wildman–Crippen MR) is 82.2 cm³/mol. The molecule has 2 aromatic rings. The molecule has 0 radical (unpaired) electrons. The van der Waals surface area contributed by atoms with Crippen molar-refractivity contribution < 1.29 is 0 Å². The van der Waals surface area contributed by atoms with Gasteiger partial charge in [-0.1, -0.05) is 51.0 Å². The van der Waals surface area contributed by atoms with Crippen molar-refractivity contribution in [1.29, 1.82) is 0 Å². The number of nitrogens with one attached hydrogen (secondary N) is 1. The molecule has 0 aliphatic carbocycles. The Morgan fingerprint density at radius 1 is 1.05 bits per heavy atom. The van der Waals surface area contributed by atoms with Crippen LogP contribution in [-0.4, -0.2) is 12.0 Å². The highest BCUT2D eigenvalue weighted by atomic mass is 14.9. The van der Waals surface area contributed by atoms with Gasteiger partial charge in [0.1, 0.15) is 0 Å². The normalized spacial score (nSPS) is 13.1. The predicted octanol–water partition coefficient (Wildman–Crippen LogP) is 4.32. The highest BCUT2D eigenvalue weighted by Gasteiger charge is 2.11. The molecule has 2 heteroatoms. The van der Waals surface area contributed by atoms with Crippen LogP contribution >= 0.6 is 0 Å². The number of hydrogen-bond donors (Lipinski definition) is 1. The van der Waals surface area contributed by atoms with Crippen molar-refractivity contribution in [2.45, 2.75) is 39.2 Å². The van der Waals surface area contributed by atoms with Gasteiger partial charge in [0.15, 0.2) is 0 Å². The van der Waals surface area contributed by atoms with E-state index in [9.17, 15) is 0 Å². The van der Waals surface area contributed by atoms with Crippen LogP contribution in [-0.2, 0) is 0 Å². The summed E-state index contributed by atoms with van der Waals surface area (Å²) in [7, 11) is 2.02. The summed E-state index contributed by atoms with van der Waals surface area (Å²) in [5.74, 6) is 0.780. The van der Waals surface area contributed by atoms with Gasteiger partial charge in [0.2, 0.25) is 0 Å². The van der Waals surface area contributed by atoms with E-state index in [1.165, 1.54) is 18.2 Å². The minimum Gasteiger partial charge on any atom is -0.312 e. The first-order chi connectivity index (χ1) is 9.20. The number of aromatic nitrogens is 1. The second kappa shape index (κ2) is 6.67. The van der Waals surface area contributed by atoms with Crippen molar-refractivity contribution in [2.24, 2.45) is 5.92 Å². The maximum absolute atomic E-state index is 4.78. The smallest absolute Gasteiger partial charge is 0.0706 e. The maximum Gasteiger partial charge on any atom is 0.0706 e. The minimum absolute atomic E-state index is 0.364. The summed E-state index contributed by atoms with van der Waals surface area (Å²) in [5, 5.41) is 4.61. The second-order valence-corrected chi connectivity index (χ2v) is 5.59. The number of benzene rings is 1. The Bertz CT molecular complexity index is 519. The van der Waals surface area contributed by atoms with Crippen LogP contribution in [0.5, 0.6) is 0 Å². The lowest BCUT2D eigenvalue weighted by molar-refractivity contribution is 0.465. The van der Waals surface area contributed by atoms with E-state index in [0.717, 1.165) is 23.5 Å². The first-order valence-corrected chi connectivity index (χ1v) is 7.23. The van der Waals surface area contributed by atoms with Crippen LogP contribution in [0.2, 0.25) is 0 Å². The summed E-state index contributed by atoms with van der Waals surface area (Å²) in [6.07, 6.45) is 3.68. The third kappa shape index (κ3) is 3.77. The van der Waals surface area contributed by atoms with Gasteiger partial charge >= 0.3 is 0 Å². The summed E-state index contributed by atoms with van der Waals surface area (Å²) < 4.78 is 0. The first-order valence-electron chi connectivity index (χ1n) is 7.23. The largest absolute Gasteiger partial charge is 0.312 e. The van der Waals surface area contributed by atoms with E-state index in [1.54, 1.807) is 0 Å². The molecule has 19 heavy (non-hydrogen) atoms. The highest BCUT2D eigenvalue weighted by Crippen LogP contribution is 2.21. The topological polar surface area (TPSA) is 24.9 Å². The van der Waals surface area contributed by atoms with E-state index in [1.807, 2.05) is 13.1 Å². The van der Waals surface area contributed by atoms with Gasteiger partial charge < -0.3 is 5.32 Å². The van der Waals surface area contributed by atoms with Gasteiger partial charge in [-0.05, 0) is 31.5 Å². The van der Waals surface area contributed by atoms with E-state index < -0.39 is 0 Å². The Morgan fingerprint density at radius 2 is 1.84 bits per heavy atom. The van der Waals surface area contributed by atoms with E-state index in [-0.39, 0.29) is 0 Å². The van der Waals surface area contributed by atoms with Gasteiger partial charge in [-0.3, -0.25) is 4.98 Å². The third-order valence-corrected chi connectivity index (χ3v) is 3.60. The van der Waals surface area contributed by atoms with Crippen LogP contribution in [0.3, 0.4) is 0 Å². The van der Waals surface area contributed by atoms with Crippen LogP contribution in [0.25, 0.3) is 10.9 Å². The molecule has 102 valence electrons. The monoisotopic (exact) mass is 256 g/mol. The van der Waals surface area contributed by atoms with Gasteiger partial charge in [-0.25, -0.2) is 0 Å². The molecular formula is C17H24N2. The van der Waals surface area contributed by atoms with Crippen LogP contribution < -0.4 is 5.32 Å². The fourth-order valence-electron chi connectivity index (χ4n) is 2.45. The van der Waals surface area contributed by atoms with Crippen LogP contribution in [0.1, 0.15) is 44.8 Å². The molecule has 0 saturated heterocycles. The molecular weight excluding hydrogens is 232 g/mol. The molecule has 1 heterocycles. The van der Waals surface area contributed by atoms with E-state index in [2.05, 4.69) is 49.5 Å². The molecule has 0 amide bonds. The van der Waals surface area contributed by atoms with Gasteiger partial charge in [-0.2, -0.15) is 0 Å². The molecule has 1 atom stereocenters. The zero-order valence-electron chi connectivity index (χ0n) is 12.2. The lowest BCUT2D eigenvalue weighted by Crippen LogP contribution is -2.17. The number of fused-ring (bicyclic) bond motifs is 1. The fourth-order valence-corrected chi connectivity index (χ4v) is 2.45. The SMILES string of the molecule is CNC(CCCC(C)C)c1ccc2ccccc2n1. The number of rotatable bonds is 6. The van der Waals surface area contributed by atoms with Gasteiger partial charge in [0, 0.05) is 11.4 Å². The molecule has 2 rings (SSSR count). The Balaban J connectivity index is 2.11. The molecule has 1 aromatic heterocycles. The molecule has 0 aliphatic heterocycles. The van der Waals surface area contributed by atoms with Crippen molar-refractivity contribution in [3.05, 3.63) is 42.1 Å². The van der Waals surface area contributed by atoms with Gasteiger partial charge in [0.25, 0.3) is 0 Å². The highest BCUT2D eigenvalue weighted by molar-refractivity contribution is 5.78. The van der Waals surface area contributed by atoms with Crippen molar-refractivity contribution >= 4 is 10.9 Å². The molecule has 0 spiro atoms. The third-order valence-electron chi connectivity index (χ3n) is 3.60. The molecule has 0 fully saturated rings. The van der Waals surface area contributed by atoms with Gasteiger partial charge in [-0.15, -0.1) is 0 Å². The number of hydrogen-bond acceptors (Lipinski definition) is 2. The molecule has 1 unspecified atom stereocenters. The Kier molecular flexibility index (Phi) is 4.92. The van der Waals surface area contributed by atoms with E-state index in [0.29, 0.717) is 6.04 Å². The zero-order valence-corrected chi connectivity index (χ0v) is 12.2. The van der Waals surface area contributed by atoms with E-state index in [4.69, 9.17) is 4.98 Å². The number of pyridine rings is 1. The van der Waals surface area contributed by atoms with Crippen LogP contribution in [0, 0.1) is 5.92 Å². The average Bonchev–Trinajstić information content (AvgIpc) is 2.43. The van der Waals surface area contributed by atoms with Crippen molar-refractivity contribution in [2.75, 3.05) is 7.05 Å². The molecule has 0 aliphatic rings. The standard InChI is InChI=1S/C17H24N2/c1-13(2)7-6-10-16(18-3)17-12-11-14-8-4-5-9-15(14)19-17/h4-5,8-9,11-13,16,18H,6-7,10H2,1-3H3. The Morgan fingerprint density at radius 3 is 2.58 bits per heavy atom. The van der Waals surface area contributed by atoms with Crippen molar-refractivity contribution in [3.8, 4) is 0 Å². The number of para-hydroxylation sites is 1. The lowest BCUT2D eigenvalue weighted by Gasteiger charge is -2.16. The van der Waals surface area contributed by atoms with Crippen molar-refractivity contribution in [1.82, 2.24) is 10.3 Å². The summed E-state index contributed by atoms with van der Waals surface area (Å²) >= 11 is 0. The van der Waals surface area contributed by atoms with Crippen molar-refractivity contribution in [3.63, 3.8) is 0 Å². The molecule has 0 saturated carbocycles.